The number of carbonyl (C=O) groups excluding carboxylic acids is 2. The van der Waals surface area contributed by atoms with Gasteiger partial charge in [-0.05, 0) is 54.4 Å². The molecule has 1 fully saturated rings. The Balaban J connectivity index is 1.58. The first-order valence-electron chi connectivity index (χ1n) is 10.7. The lowest BCUT2D eigenvalue weighted by molar-refractivity contribution is 0.0761. The lowest BCUT2D eigenvalue weighted by Gasteiger charge is -2.46. The van der Waals surface area contributed by atoms with Crippen LogP contribution in [0.4, 0.5) is 21.0 Å². The number of phenolic OH excluding ortho intramolecular Hbond substituents is 2. The third-order valence-electron chi connectivity index (χ3n) is 5.76. The minimum atomic E-state index is -0.391. The number of nitrogens with one attached hydrogen (secondary N) is 4. The summed E-state index contributed by atoms with van der Waals surface area (Å²) in [6.45, 7) is 6.84. The van der Waals surface area contributed by atoms with E-state index in [0.29, 0.717) is 24.3 Å². The predicted molar refractivity (Wildman–Crippen MR) is 125 cm³/mol. The van der Waals surface area contributed by atoms with Gasteiger partial charge in [0.2, 0.25) is 0 Å². The number of benzene rings is 2. The van der Waals surface area contributed by atoms with Gasteiger partial charge >= 0.3 is 12.1 Å². The van der Waals surface area contributed by atoms with Gasteiger partial charge in [-0.3, -0.25) is 0 Å². The second kappa shape index (κ2) is 9.38. The molecule has 8 heteroatoms. The van der Waals surface area contributed by atoms with Crippen molar-refractivity contribution < 1.29 is 19.8 Å². The van der Waals surface area contributed by atoms with Crippen LogP contribution >= 0.6 is 0 Å². The van der Waals surface area contributed by atoms with Crippen LogP contribution in [-0.2, 0) is 0 Å². The van der Waals surface area contributed by atoms with Crippen LogP contribution in [-0.4, -0.2) is 34.9 Å². The molecular weight excluding hydrogens is 408 g/mol. The molecule has 32 heavy (non-hydrogen) atoms. The van der Waals surface area contributed by atoms with Gasteiger partial charge in [0.05, 0.1) is 11.4 Å². The highest BCUT2D eigenvalue weighted by Gasteiger charge is 2.42. The number of hydrogen-bond donors (Lipinski definition) is 6. The first-order chi connectivity index (χ1) is 15.1. The average Bonchev–Trinajstić information content (AvgIpc) is 2.68. The summed E-state index contributed by atoms with van der Waals surface area (Å²) < 4.78 is 0. The fraction of sp³-hybridized carbons (Fsp3) is 0.417. The van der Waals surface area contributed by atoms with Gasteiger partial charge in [0.25, 0.3) is 0 Å². The lowest BCUT2D eigenvalue weighted by atomic mass is 9.62. The number of amides is 4. The molecule has 6 N–H and O–H groups in total. The molecule has 1 saturated carbocycles. The molecule has 0 radical (unpaired) electrons. The van der Waals surface area contributed by atoms with Gasteiger partial charge in [-0.1, -0.05) is 45.0 Å². The molecule has 0 saturated heterocycles. The summed E-state index contributed by atoms with van der Waals surface area (Å²) in [6, 6.07) is 12.3. The highest BCUT2D eigenvalue weighted by Crippen LogP contribution is 2.45. The number of anilines is 2. The maximum absolute atomic E-state index is 12.5. The number of hydrogen-bond acceptors (Lipinski definition) is 4. The van der Waals surface area contributed by atoms with Crippen molar-refractivity contribution in [3.8, 4) is 11.5 Å². The molecule has 2 atom stereocenters. The molecule has 2 unspecified atom stereocenters. The molecule has 172 valence electrons. The van der Waals surface area contributed by atoms with E-state index in [1.807, 2.05) is 0 Å². The minimum absolute atomic E-state index is 0.00684. The Bertz CT molecular complexity index is 978. The van der Waals surface area contributed by atoms with Crippen molar-refractivity contribution in [1.82, 2.24) is 10.6 Å². The molecule has 0 aromatic heterocycles. The topological polar surface area (TPSA) is 123 Å². The highest BCUT2D eigenvalue weighted by atomic mass is 16.3. The first-order valence-corrected chi connectivity index (χ1v) is 10.7. The van der Waals surface area contributed by atoms with Gasteiger partial charge in [0, 0.05) is 12.6 Å². The standard InChI is InChI=1S/C24H32N4O4/c1-23(2)12-16(26-22(32)28-18-9-5-7-11-20(18)30)13-24(3,14-23)15-25-21(31)27-17-8-4-6-10-19(17)29/h4-11,16,29-30H,12-15H2,1-3H3,(H2,25,27,31)(H2,26,28,32). The number of rotatable bonds is 5. The van der Waals surface area contributed by atoms with Crippen molar-refractivity contribution in [1.29, 1.82) is 0 Å². The van der Waals surface area contributed by atoms with Crippen molar-refractivity contribution in [3.63, 3.8) is 0 Å². The number of phenols is 2. The zero-order valence-electron chi connectivity index (χ0n) is 18.7. The molecule has 2 aromatic carbocycles. The molecule has 3 rings (SSSR count). The fourth-order valence-corrected chi connectivity index (χ4v) is 4.83. The van der Waals surface area contributed by atoms with E-state index in [0.717, 1.165) is 12.8 Å². The SMILES string of the molecule is CC1(C)CC(NC(=O)Nc2ccccc2O)CC(C)(CNC(=O)Nc2ccccc2O)C1. The van der Waals surface area contributed by atoms with Crippen LogP contribution in [0.5, 0.6) is 11.5 Å². The third-order valence-corrected chi connectivity index (χ3v) is 5.76. The quantitative estimate of drug-likeness (QED) is 0.380. The van der Waals surface area contributed by atoms with Crippen molar-refractivity contribution >= 4 is 23.4 Å². The zero-order chi connectivity index (χ0) is 23.4. The summed E-state index contributed by atoms with van der Waals surface area (Å²) in [4.78, 5) is 24.9. The van der Waals surface area contributed by atoms with E-state index >= 15 is 0 Å². The number of aromatic hydroxyl groups is 2. The van der Waals surface area contributed by atoms with Crippen LogP contribution in [0.1, 0.15) is 40.0 Å². The lowest BCUT2D eigenvalue weighted by Crippen LogP contribution is -2.51. The summed E-state index contributed by atoms with van der Waals surface area (Å²) in [5.41, 5.74) is 0.435. The Kier molecular flexibility index (Phi) is 6.81. The van der Waals surface area contributed by atoms with Crippen LogP contribution in [0.2, 0.25) is 0 Å². The van der Waals surface area contributed by atoms with Crippen LogP contribution in [0.15, 0.2) is 48.5 Å². The van der Waals surface area contributed by atoms with Crippen molar-refractivity contribution in [2.75, 3.05) is 17.2 Å². The molecule has 0 heterocycles. The summed E-state index contributed by atoms with van der Waals surface area (Å²) >= 11 is 0. The fourth-order valence-electron chi connectivity index (χ4n) is 4.83. The Morgan fingerprint density at radius 3 is 1.97 bits per heavy atom. The van der Waals surface area contributed by atoms with Gasteiger partial charge in [-0.15, -0.1) is 0 Å². The predicted octanol–water partition coefficient (Wildman–Crippen LogP) is 4.63. The number of urea groups is 2. The second-order valence-electron chi connectivity index (χ2n) is 9.70. The normalized spacial score (nSPS) is 21.9. The molecule has 2 aromatic rings. The molecule has 1 aliphatic carbocycles. The van der Waals surface area contributed by atoms with Gasteiger partial charge in [0.15, 0.2) is 0 Å². The van der Waals surface area contributed by atoms with E-state index in [-0.39, 0.29) is 34.4 Å². The van der Waals surface area contributed by atoms with Crippen LogP contribution in [0.3, 0.4) is 0 Å². The van der Waals surface area contributed by atoms with Crippen molar-refractivity contribution in [3.05, 3.63) is 48.5 Å². The smallest absolute Gasteiger partial charge is 0.319 e. The van der Waals surface area contributed by atoms with Gasteiger partial charge in [-0.2, -0.15) is 0 Å². The first kappa shape index (κ1) is 23.2. The van der Waals surface area contributed by atoms with Gasteiger partial charge in [0.1, 0.15) is 11.5 Å². The van der Waals surface area contributed by atoms with E-state index in [4.69, 9.17) is 0 Å². The van der Waals surface area contributed by atoms with Gasteiger partial charge in [-0.25, -0.2) is 9.59 Å². The van der Waals surface area contributed by atoms with Gasteiger partial charge < -0.3 is 31.5 Å². The van der Waals surface area contributed by atoms with E-state index in [1.165, 1.54) is 12.1 Å². The Hall–Kier alpha value is -3.42. The van der Waals surface area contributed by atoms with Crippen molar-refractivity contribution in [2.24, 2.45) is 10.8 Å². The molecule has 0 spiro atoms. The minimum Gasteiger partial charge on any atom is -0.506 e. The monoisotopic (exact) mass is 440 g/mol. The van der Waals surface area contributed by atoms with Crippen LogP contribution in [0.25, 0.3) is 0 Å². The summed E-state index contributed by atoms with van der Waals surface area (Å²) in [6.07, 6.45) is 2.39. The van der Waals surface area contributed by atoms with E-state index in [2.05, 4.69) is 42.0 Å². The van der Waals surface area contributed by atoms with Crippen LogP contribution < -0.4 is 21.3 Å². The van der Waals surface area contributed by atoms with E-state index in [9.17, 15) is 19.8 Å². The van der Waals surface area contributed by atoms with Crippen molar-refractivity contribution in [2.45, 2.75) is 46.1 Å². The third kappa shape index (κ3) is 6.29. The maximum Gasteiger partial charge on any atom is 0.319 e. The summed E-state index contributed by atoms with van der Waals surface area (Å²) in [7, 11) is 0. The summed E-state index contributed by atoms with van der Waals surface area (Å²) in [5, 5.41) is 31.0. The zero-order valence-corrected chi connectivity index (χ0v) is 18.7. The number of para-hydroxylation sites is 4. The molecule has 0 bridgehead atoms. The molecule has 1 aliphatic rings. The van der Waals surface area contributed by atoms with E-state index < -0.39 is 6.03 Å². The maximum atomic E-state index is 12.5. The Morgan fingerprint density at radius 2 is 1.41 bits per heavy atom. The largest absolute Gasteiger partial charge is 0.506 e. The molecular formula is C24H32N4O4. The highest BCUT2D eigenvalue weighted by molar-refractivity contribution is 5.91. The summed E-state index contributed by atoms with van der Waals surface area (Å²) in [5.74, 6) is 0.0171. The second-order valence-corrected chi connectivity index (χ2v) is 9.70. The van der Waals surface area contributed by atoms with E-state index in [1.54, 1.807) is 36.4 Å². The Morgan fingerprint density at radius 1 is 0.875 bits per heavy atom. The Labute approximate surface area is 188 Å². The molecule has 8 nitrogen and oxygen atoms in total. The number of carbonyl (C=O) groups is 2. The van der Waals surface area contributed by atoms with Crippen LogP contribution in [0, 0.1) is 10.8 Å². The molecule has 0 aliphatic heterocycles. The molecule has 4 amide bonds. The average molecular weight is 441 g/mol.